The Labute approximate surface area is 168 Å². The third-order valence-corrected chi connectivity index (χ3v) is 5.85. The van der Waals surface area contributed by atoms with Crippen LogP contribution in [0.1, 0.15) is 23.7 Å². The molecule has 29 heavy (non-hydrogen) atoms. The first-order valence-corrected chi connectivity index (χ1v) is 9.91. The Morgan fingerprint density at radius 1 is 1.14 bits per heavy atom. The number of carbonyl (C=O) groups is 2. The zero-order valence-electron chi connectivity index (χ0n) is 16.2. The lowest BCUT2D eigenvalue weighted by atomic mass is 10.1. The van der Waals surface area contributed by atoms with Crippen LogP contribution in [0.2, 0.25) is 0 Å². The molecule has 1 unspecified atom stereocenters. The van der Waals surface area contributed by atoms with Crippen molar-refractivity contribution in [2.45, 2.75) is 25.2 Å². The summed E-state index contributed by atoms with van der Waals surface area (Å²) in [4.78, 5) is 30.3. The van der Waals surface area contributed by atoms with Crippen molar-refractivity contribution in [3.63, 3.8) is 0 Å². The molecule has 2 N–H and O–H groups in total. The lowest BCUT2D eigenvalue weighted by Crippen LogP contribution is -2.43. The number of carbonyl (C=O) groups excluding carboxylic acids is 2. The second-order valence-corrected chi connectivity index (χ2v) is 7.80. The van der Waals surface area contributed by atoms with E-state index in [1.807, 2.05) is 43.3 Å². The number of H-pyrrole nitrogens is 1. The van der Waals surface area contributed by atoms with E-state index in [0.717, 1.165) is 21.8 Å². The predicted molar refractivity (Wildman–Crippen MR) is 109 cm³/mol. The molecule has 7 nitrogen and oxygen atoms in total. The highest BCUT2D eigenvalue weighted by molar-refractivity contribution is 6.09. The largest absolute Gasteiger partial charge is 0.354 e. The van der Waals surface area contributed by atoms with Gasteiger partial charge in [0, 0.05) is 39.8 Å². The molecule has 2 aliphatic heterocycles. The Morgan fingerprint density at radius 2 is 1.90 bits per heavy atom. The molecule has 150 valence electrons. The molecule has 2 fully saturated rings. The van der Waals surface area contributed by atoms with Gasteiger partial charge in [0.15, 0.2) is 5.79 Å². The number of rotatable bonds is 3. The number of para-hydroxylation sites is 1. The van der Waals surface area contributed by atoms with Gasteiger partial charge in [-0.05, 0) is 25.1 Å². The molecule has 0 bridgehead atoms. The Bertz CT molecular complexity index is 1100. The van der Waals surface area contributed by atoms with Crippen LogP contribution in [-0.4, -0.2) is 59.8 Å². The summed E-state index contributed by atoms with van der Waals surface area (Å²) < 4.78 is 11.4. The molecule has 7 heteroatoms. The minimum absolute atomic E-state index is 0.0141. The van der Waals surface area contributed by atoms with Gasteiger partial charge in [0.25, 0.3) is 5.91 Å². The van der Waals surface area contributed by atoms with Crippen molar-refractivity contribution in [3.05, 3.63) is 48.0 Å². The molecule has 2 saturated heterocycles. The lowest BCUT2D eigenvalue weighted by molar-refractivity contribution is -0.152. The van der Waals surface area contributed by atoms with Crippen LogP contribution in [0.25, 0.3) is 21.8 Å². The molecule has 1 atom stereocenters. The third-order valence-electron chi connectivity index (χ3n) is 5.85. The maximum Gasteiger partial charge on any atom is 0.251 e. The minimum Gasteiger partial charge on any atom is -0.354 e. The van der Waals surface area contributed by atoms with Gasteiger partial charge in [-0.25, -0.2) is 0 Å². The molecule has 3 heterocycles. The van der Waals surface area contributed by atoms with Gasteiger partial charge in [0.05, 0.1) is 26.3 Å². The van der Waals surface area contributed by atoms with Crippen LogP contribution in [0.3, 0.4) is 0 Å². The van der Waals surface area contributed by atoms with Gasteiger partial charge in [0.1, 0.15) is 0 Å². The number of hydrogen-bond acceptors (Lipinski definition) is 4. The number of fused-ring (bicyclic) bond motifs is 3. The fourth-order valence-electron chi connectivity index (χ4n) is 4.44. The van der Waals surface area contributed by atoms with Gasteiger partial charge in [-0.1, -0.05) is 24.3 Å². The van der Waals surface area contributed by atoms with Crippen molar-refractivity contribution in [1.82, 2.24) is 15.2 Å². The number of hydrogen-bond donors (Lipinski definition) is 2. The number of likely N-dealkylation sites (tertiary alicyclic amines) is 1. The summed E-state index contributed by atoms with van der Waals surface area (Å²) in [5.74, 6) is -1.07. The molecule has 0 saturated carbocycles. The van der Waals surface area contributed by atoms with Crippen LogP contribution < -0.4 is 5.32 Å². The number of nitrogens with one attached hydrogen (secondary N) is 2. The van der Waals surface area contributed by atoms with Crippen LogP contribution in [0.4, 0.5) is 0 Å². The van der Waals surface area contributed by atoms with Crippen molar-refractivity contribution < 1.29 is 19.1 Å². The van der Waals surface area contributed by atoms with Crippen molar-refractivity contribution in [2.75, 3.05) is 26.3 Å². The van der Waals surface area contributed by atoms with Gasteiger partial charge in [-0.2, -0.15) is 0 Å². The normalized spacial score (nSPS) is 20.7. The maximum absolute atomic E-state index is 12.7. The molecule has 0 aliphatic carbocycles. The average molecular weight is 393 g/mol. The second-order valence-electron chi connectivity index (χ2n) is 7.80. The monoisotopic (exact) mass is 393 g/mol. The second kappa shape index (κ2) is 6.86. The summed E-state index contributed by atoms with van der Waals surface area (Å²) in [5, 5.41) is 4.94. The van der Waals surface area contributed by atoms with Crippen molar-refractivity contribution in [1.29, 1.82) is 0 Å². The first kappa shape index (κ1) is 18.1. The molecule has 0 radical (unpaired) electrons. The summed E-state index contributed by atoms with van der Waals surface area (Å²) >= 11 is 0. The summed E-state index contributed by atoms with van der Waals surface area (Å²) in [6.07, 6.45) is 0.656. The van der Waals surface area contributed by atoms with Gasteiger partial charge in [-0.15, -0.1) is 0 Å². The molecular weight excluding hydrogens is 370 g/mol. The zero-order chi connectivity index (χ0) is 20.0. The minimum atomic E-state index is -0.667. The highest BCUT2D eigenvalue weighted by Crippen LogP contribution is 2.34. The molecule has 2 aliphatic rings. The maximum atomic E-state index is 12.7. The van der Waals surface area contributed by atoms with Gasteiger partial charge in [0.2, 0.25) is 5.91 Å². The molecule has 2 aromatic carbocycles. The zero-order valence-corrected chi connectivity index (χ0v) is 16.2. The van der Waals surface area contributed by atoms with Crippen LogP contribution in [0.5, 0.6) is 0 Å². The molecule has 1 aromatic heterocycles. The standard InChI is InChI=1S/C22H23N3O4/c1-14-11-22(28-8-9-29-22)13-25(14)20(26)12-23-21(27)15-6-7-17-16-4-2-3-5-18(16)24-19(17)10-15/h2-7,10,14,24H,8-9,11-13H2,1H3,(H,23,27). The number of nitrogens with zero attached hydrogens (tertiary/aromatic N) is 1. The fourth-order valence-corrected chi connectivity index (χ4v) is 4.44. The highest BCUT2D eigenvalue weighted by Gasteiger charge is 2.48. The topological polar surface area (TPSA) is 83.7 Å². The van der Waals surface area contributed by atoms with Crippen molar-refractivity contribution in [3.8, 4) is 0 Å². The molecule has 2 amide bonds. The summed E-state index contributed by atoms with van der Waals surface area (Å²) in [6.45, 7) is 3.45. The summed E-state index contributed by atoms with van der Waals surface area (Å²) in [6, 6.07) is 13.6. The van der Waals surface area contributed by atoms with Crippen LogP contribution in [0, 0.1) is 0 Å². The Morgan fingerprint density at radius 3 is 2.72 bits per heavy atom. The molecule has 5 rings (SSSR count). The van der Waals surface area contributed by atoms with E-state index in [2.05, 4.69) is 10.3 Å². The van der Waals surface area contributed by atoms with Crippen LogP contribution in [0.15, 0.2) is 42.5 Å². The molecular formula is C22H23N3O4. The van der Waals surface area contributed by atoms with Crippen LogP contribution >= 0.6 is 0 Å². The van der Waals surface area contributed by atoms with Gasteiger partial charge < -0.3 is 24.7 Å². The van der Waals surface area contributed by atoms with Crippen LogP contribution in [-0.2, 0) is 14.3 Å². The highest BCUT2D eigenvalue weighted by atomic mass is 16.7. The smallest absolute Gasteiger partial charge is 0.251 e. The van der Waals surface area contributed by atoms with Crippen molar-refractivity contribution >= 4 is 33.6 Å². The number of aromatic nitrogens is 1. The van der Waals surface area contributed by atoms with E-state index in [0.29, 0.717) is 31.7 Å². The SMILES string of the molecule is CC1CC2(CN1C(=O)CNC(=O)c1ccc3c(c1)[nH]c1ccccc13)OCCO2. The third kappa shape index (κ3) is 3.16. The number of amides is 2. The summed E-state index contributed by atoms with van der Waals surface area (Å²) in [7, 11) is 0. The Hall–Kier alpha value is -2.90. The lowest BCUT2D eigenvalue weighted by Gasteiger charge is -2.23. The fraction of sp³-hybridized carbons (Fsp3) is 0.364. The Balaban J connectivity index is 1.27. The van der Waals surface area contributed by atoms with E-state index in [1.54, 1.807) is 11.0 Å². The Kier molecular flexibility index (Phi) is 4.29. The van der Waals surface area contributed by atoms with E-state index in [9.17, 15) is 9.59 Å². The van der Waals surface area contributed by atoms with Gasteiger partial charge >= 0.3 is 0 Å². The van der Waals surface area contributed by atoms with E-state index < -0.39 is 5.79 Å². The molecule has 3 aromatic rings. The quantitative estimate of drug-likeness (QED) is 0.716. The number of ether oxygens (including phenoxy) is 2. The predicted octanol–water partition coefficient (Wildman–Crippen LogP) is 2.41. The van der Waals surface area contributed by atoms with Crippen molar-refractivity contribution in [2.24, 2.45) is 0 Å². The average Bonchev–Trinajstić information content (AvgIpc) is 3.42. The number of benzene rings is 2. The van der Waals surface area contributed by atoms with E-state index in [1.165, 1.54) is 0 Å². The van der Waals surface area contributed by atoms with E-state index in [4.69, 9.17) is 9.47 Å². The number of aromatic amines is 1. The molecule has 1 spiro atoms. The first-order chi connectivity index (χ1) is 14.0. The van der Waals surface area contributed by atoms with E-state index >= 15 is 0 Å². The summed E-state index contributed by atoms with van der Waals surface area (Å²) in [5.41, 5.74) is 2.45. The van der Waals surface area contributed by atoms with E-state index in [-0.39, 0.29) is 24.4 Å². The first-order valence-electron chi connectivity index (χ1n) is 9.91. The van der Waals surface area contributed by atoms with Gasteiger partial charge in [-0.3, -0.25) is 9.59 Å².